The van der Waals surface area contributed by atoms with Gasteiger partial charge in [0, 0.05) is 16.7 Å². The summed E-state index contributed by atoms with van der Waals surface area (Å²) in [6.07, 6.45) is 4.79. The summed E-state index contributed by atoms with van der Waals surface area (Å²) in [5, 5.41) is 9.39. The molecule has 108 valence electrons. The van der Waals surface area contributed by atoms with Crippen LogP contribution in [0, 0.1) is 5.92 Å². The molecule has 0 radical (unpaired) electrons. The fourth-order valence-corrected chi connectivity index (χ4v) is 2.18. The SMILES string of the molecule is O=C(O)/C=C/c1cc(Cl)cc(Cl)c1OCOCC1CC1. The highest BCUT2D eigenvalue weighted by atomic mass is 35.5. The number of hydrogen-bond acceptors (Lipinski definition) is 3. The van der Waals surface area contributed by atoms with Crippen LogP contribution in [0.2, 0.25) is 10.0 Å². The van der Waals surface area contributed by atoms with E-state index in [1.54, 1.807) is 6.07 Å². The van der Waals surface area contributed by atoms with Crippen LogP contribution in [0.4, 0.5) is 0 Å². The molecule has 0 heterocycles. The van der Waals surface area contributed by atoms with Crippen LogP contribution in [0.3, 0.4) is 0 Å². The first-order chi connectivity index (χ1) is 9.56. The first-order valence-electron chi connectivity index (χ1n) is 6.17. The van der Waals surface area contributed by atoms with E-state index in [0.29, 0.717) is 33.9 Å². The predicted molar refractivity (Wildman–Crippen MR) is 77.3 cm³/mol. The summed E-state index contributed by atoms with van der Waals surface area (Å²) in [4.78, 5) is 10.6. The van der Waals surface area contributed by atoms with Gasteiger partial charge in [-0.05, 0) is 37.0 Å². The van der Waals surface area contributed by atoms with Gasteiger partial charge < -0.3 is 14.6 Å². The van der Waals surface area contributed by atoms with Crippen molar-refractivity contribution >= 4 is 35.2 Å². The zero-order valence-electron chi connectivity index (χ0n) is 10.6. The fraction of sp³-hybridized carbons (Fsp3) is 0.357. The second-order valence-corrected chi connectivity index (χ2v) is 5.40. The van der Waals surface area contributed by atoms with E-state index in [-0.39, 0.29) is 6.79 Å². The lowest BCUT2D eigenvalue weighted by atomic mass is 10.2. The second-order valence-electron chi connectivity index (χ2n) is 4.55. The molecule has 0 saturated heterocycles. The molecule has 6 heteroatoms. The molecule has 1 fully saturated rings. The summed E-state index contributed by atoms with van der Waals surface area (Å²) >= 11 is 12.0. The van der Waals surface area contributed by atoms with Crippen molar-refractivity contribution < 1.29 is 19.4 Å². The van der Waals surface area contributed by atoms with Crippen LogP contribution in [0.15, 0.2) is 18.2 Å². The standard InChI is InChI=1S/C14H14Cl2O4/c15-11-5-10(3-4-13(17)18)14(12(16)6-11)20-8-19-7-9-1-2-9/h3-6,9H,1-2,7-8H2,(H,17,18)/b4-3+. The minimum Gasteiger partial charge on any atom is -0.478 e. The topological polar surface area (TPSA) is 55.8 Å². The van der Waals surface area contributed by atoms with Crippen molar-refractivity contribution in [1.29, 1.82) is 0 Å². The maximum Gasteiger partial charge on any atom is 0.328 e. The Morgan fingerprint density at radius 1 is 1.40 bits per heavy atom. The van der Waals surface area contributed by atoms with Gasteiger partial charge in [0.1, 0.15) is 5.75 Å². The number of carbonyl (C=O) groups is 1. The number of hydrogen-bond donors (Lipinski definition) is 1. The normalized spacial score (nSPS) is 14.7. The first kappa shape index (κ1) is 15.2. The number of ether oxygens (including phenoxy) is 2. The molecule has 0 bridgehead atoms. The average Bonchev–Trinajstić information content (AvgIpc) is 3.17. The Hall–Kier alpha value is -1.23. The van der Waals surface area contributed by atoms with Gasteiger partial charge in [0.2, 0.25) is 0 Å². The third kappa shape index (κ3) is 4.71. The van der Waals surface area contributed by atoms with Crippen LogP contribution in [0.25, 0.3) is 6.08 Å². The molecule has 1 aromatic carbocycles. The Balaban J connectivity index is 2.05. The van der Waals surface area contributed by atoms with Crippen molar-refractivity contribution in [2.24, 2.45) is 5.92 Å². The molecular formula is C14H14Cl2O4. The molecule has 4 nitrogen and oxygen atoms in total. The van der Waals surface area contributed by atoms with E-state index in [1.165, 1.54) is 25.0 Å². The molecule has 0 unspecified atom stereocenters. The van der Waals surface area contributed by atoms with Crippen molar-refractivity contribution in [3.05, 3.63) is 33.8 Å². The molecule has 0 atom stereocenters. The van der Waals surface area contributed by atoms with E-state index in [2.05, 4.69) is 0 Å². The van der Waals surface area contributed by atoms with E-state index < -0.39 is 5.97 Å². The zero-order chi connectivity index (χ0) is 14.5. The van der Waals surface area contributed by atoms with E-state index >= 15 is 0 Å². The largest absolute Gasteiger partial charge is 0.478 e. The van der Waals surface area contributed by atoms with Gasteiger partial charge in [-0.15, -0.1) is 0 Å². The van der Waals surface area contributed by atoms with Crippen LogP contribution in [-0.4, -0.2) is 24.5 Å². The molecule has 0 aromatic heterocycles. The van der Waals surface area contributed by atoms with Crippen LogP contribution >= 0.6 is 23.2 Å². The molecule has 0 spiro atoms. The lowest BCUT2D eigenvalue weighted by molar-refractivity contribution is -0.131. The quantitative estimate of drug-likeness (QED) is 0.471. The summed E-state index contributed by atoms with van der Waals surface area (Å²) in [6, 6.07) is 3.13. The first-order valence-corrected chi connectivity index (χ1v) is 6.92. The average molecular weight is 317 g/mol. The van der Waals surface area contributed by atoms with E-state index in [1.807, 2.05) is 0 Å². The molecule has 0 aliphatic heterocycles. The highest BCUT2D eigenvalue weighted by molar-refractivity contribution is 6.35. The molecule has 1 saturated carbocycles. The van der Waals surface area contributed by atoms with Crippen molar-refractivity contribution in [2.45, 2.75) is 12.8 Å². The number of halogens is 2. The summed E-state index contributed by atoms with van der Waals surface area (Å²) in [5.41, 5.74) is 0.500. The highest BCUT2D eigenvalue weighted by Gasteiger charge is 2.21. The van der Waals surface area contributed by atoms with Gasteiger partial charge in [-0.25, -0.2) is 4.79 Å². The van der Waals surface area contributed by atoms with Crippen LogP contribution in [0.1, 0.15) is 18.4 Å². The predicted octanol–water partition coefficient (Wildman–Crippen LogP) is 3.85. The number of rotatable bonds is 7. The van der Waals surface area contributed by atoms with Gasteiger partial charge in [0.25, 0.3) is 0 Å². The Bertz CT molecular complexity index is 524. The summed E-state index contributed by atoms with van der Waals surface area (Å²) < 4.78 is 10.8. The maximum absolute atomic E-state index is 10.6. The molecule has 0 amide bonds. The minimum atomic E-state index is -1.06. The van der Waals surface area contributed by atoms with Crippen molar-refractivity contribution in [2.75, 3.05) is 13.4 Å². The monoisotopic (exact) mass is 316 g/mol. The smallest absolute Gasteiger partial charge is 0.328 e. The van der Waals surface area contributed by atoms with E-state index in [9.17, 15) is 4.79 Å². The van der Waals surface area contributed by atoms with Gasteiger partial charge in [-0.2, -0.15) is 0 Å². The van der Waals surface area contributed by atoms with Gasteiger partial charge in [0.15, 0.2) is 6.79 Å². The summed E-state index contributed by atoms with van der Waals surface area (Å²) in [7, 11) is 0. The highest BCUT2D eigenvalue weighted by Crippen LogP contribution is 2.34. The zero-order valence-corrected chi connectivity index (χ0v) is 12.2. The van der Waals surface area contributed by atoms with Crippen molar-refractivity contribution in [3.8, 4) is 5.75 Å². The third-order valence-electron chi connectivity index (χ3n) is 2.78. The molecule has 1 aliphatic carbocycles. The van der Waals surface area contributed by atoms with Gasteiger partial charge >= 0.3 is 5.97 Å². The Morgan fingerprint density at radius 2 is 2.15 bits per heavy atom. The van der Waals surface area contributed by atoms with Crippen molar-refractivity contribution in [3.63, 3.8) is 0 Å². The molecule has 1 aromatic rings. The van der Waals surface area contributed by atoms with Crippen LogP contribution in [-0.2, 0) is 9.53 Å². The molecule has 2 rings (SSSR count). The number of benzene rings is 1. The number of aliphatic carboxylic acids is 1. The Morgan fingerprint density at radius 3 is 2.80 bits per heavy atom. The summed E-state index contributed by atoms with van der Waals surface area (Å²) in [6.45, 7) is 0.747. The van der Waals surface area contributed by atoms with Gasteiger partial charge in [0.05, 0.1) is 11.6 Å². The minimum absolute atomic E-state index is 0.0752. The molecule has 20 heavy (non-hydrogen) atoms. The van der Waals surface area contributed by atoms with Crippen LogP contribution < -0.4 is 4.74 Å². The van der Waals surface area contributed by atoms with Gasteiger partial charge in [-0.3, -0.25) is 0 Å². The third-order valence-corrected chi connectivity index (χ3v) is 3.28. The van der Waals surface area contributed by atoms with E-state index in [4.69, 9.17) is 37.8 Å². The van der Waals surface area contributed by atoms with Crippen molar-refractivity contribution in [1.82, 2.24) is 0 Å². The lowest BCUT2D eigenvalue weighted by Gasteiger charge is -2.12. The Kier molecular flexibility index (Phi) is 5.29. The molecule has 1 N–H and O–H groups in total. The summed E-state index contributed by atoms with van der Waals surface area (Å²) in [5.74, 6) is -0.0490. The fourth-order valence-electron chi connectivity index (χ4n) is 1.62. The Labute approximate surface area is 126 Å². The van der Waals surface area contributed by atoms with Gasteiger partial charge in [-0.1, -0.05) is 23.2 Å². The maximum atomic E-state index is 10.6. The number of carboxylic acid groups (broad SMARTS) is 1. The molecule has 1 aliphatic rings. The van der Waals surface area contributed by atoms with E-state index in [0.717, 1.165) is 6.08 Å². The van der Waals surface area contributed by atoms with Crippen LogP contribution in [0.5, 0.6) is 5.75 Å². The molecular weight excluding hydrogens is 303 g/mol. The second kappa shape index (κ2) is 6.97. The number of carboxylic acids is 1. The lowest BCUT2D eigenvalue weighted by Crippen LogP contribution is -2.06.